The predicted octanol–water partition coefficient (Wildman–Crippen LogP) is 10.5. The zero-order chi connectivity index (χ0) is 38.6. The van der Waals surface area contributed by atoms with Crippen molar-refractivity contribution in [3.8, 4) is 33.5 Å². The summed E-state index contributed by atoms with van der Waals surface area (Å²) >= 11 is 0. The summed E-state index contributed by atoms with van der Waals surface area (Å²) in [5.41, 5.74) is 19.6. The average Bonchev–Trinajstić information content (AvgIpc) is 3.18. The standard InChI is InChI=1S/C45H36BN2.C5H8O2.Ir/c1-30-12-10-13-31(2)44(30)46-39-18-8-9-19-42(39)48(45-32(3)14-11-15-33(45)4)43-25-24-37(28-40(43)46)34-20-22-35(23-21-34)38-26-27-47-41(29-38)36-16-6-5-7-17-36;1-4(6)3-5(2)7;/h5-16,18-29H,1-4H3;3,6H,1-2H3;/q-1;;. The van der Waals surface area contributed by atoms with Crippen LogP contribution in [-0.4, -0.2) is 22.6 Å². The van der Waals surface area contributed by atoms with Crippen LogP contribution in [0.25, 0.3) is 33.5 Å². The monoisotopic (exact) mass is 908 g/mol. The second-order valence-electron chi connectivity index (χ2n) is 14.3. The molecular weight excluding hydrogens is 864 g/mol. The molecule has 2 heterocycles. The predicted molar refractivity (Wildman–Crippen MR) is 231 cm³/mol. The number of pyridine rings is 1. The Kier molecular flexibility index (Phi) is 12.3. The third kappa shape index (κ3) is 8.23. The molecule has 0 aliphatic carbocycles. The van der Waals surface area contributed by atoms with Gasteiger partial charge in [-0.3, -0.25) is 4.79 Å². The van der Waals surface area contributed by atoms with Crippen LogP contribution in [0.15, 0.2) is 158 Å². The van der Waals surface area contributed by atoms with E-state index in [9.17, 15) is 4.79 Å². The van der Waals surface area contributed by atoms with Crippen molar-refractivity contribution < 1.29 is 30.0 Å². The number of aromatic nitrogens is 1. The van der Waals surface area contributed by atoms with E-state index in [2.05, 4.69) is 165 Å². The summed E-state index contributed by atoms with van der Waals surface area (Å²) in [6, 6.07) is 53.8. The van der Waals surface area contributed by atoms with Gasteiger partial charge in [0.2, 0.25) is 6.71 Å². The molecule has 1 aliphatic heterocycles. The number of nitrogens with zero attached hydrogens (tertiary/aromatic N) is 2. The summed E-state index contributed by atoms with van der Waals surface area (Å²) in [6.07, 6.45) is 3.05. The van der Waals surface area contributed by atoms with E-state index >= 15 is 0 Å². The first-order chi connectivity index (χ1) is 26.6. The molecular formula is C50H44BIrN2O2-. The molecule has 0 bridgehead atoms. The maximum atomic E-state index is 10.0. The molecule has 0 unspecified atom stereocenters. The molecule has 0 spiro atoms. The van der Waals surface area contributed by atoms with Gasteiger partial charge in [-0.25, -0.2) is 0 Å². The first-order valence-corrected chi connectivity index (χ1v) is 18.7. The minimum atomic E-state index is -0.125. The van der Waals surface area contributed by atoms with Gasteiger partial charge in [-0.15, -0.1) is 35.9 Å². The van der Waals surface area contributed by atoms with Gasteiger partial charge in [-0.05, 0) is 110 Å². The van der Waals surface area contributed by atoms with Gasteiger partial charge in [0.25, 0.3) is 0 Å². The van der Waals surface area contributed by atoms with Crippen molar-refractivity contribution in [2.24, 2.45) is 0 Å². The van der Waals surface area contributed by atoms with Gasteiger partial charge in [0.15, 0.2) is 5.78 Å². The van der Waals surface area contributed by atoms with Gasteiger partial charge in [0, 0.05) is 43.8 Å². The molecule has 1 radical (unpaired) electrons. The number of para-hydroxylation sites is 2. The van der Waals surface area contributed by atoms with E-state index in [4.69, 9.17) is 5.11 Å². The molecule has 56 heavy (non-hydrogen) atoms. The molecule has 1 aromatic heterocycles. The second-order valence-corrected chi connectivity index (χ2v) is 14.3. The summed E-state index contributed by atoms with van der Waals surface area (Å²) < 4.78 is 0. The minimum absolute atomic E-state index is 0. The van der Waals surface area contributed by atoms with Gasteiger partial charge in [-0.2, -0.15) is 0 Å². The van der Waals surface area contributed by atoms with E-state index in [0.717, 1.165) is 16.8 Å². The van der Waals surface area contributed by atoms with Gasteiger partial charge in [-0.1, -0.05) is 114 Å². The first kappa shape index (κ1) is 39.9. The second kappa shape index (κ2) is 17.3. The first-order valence-electron chi connectivity index (χ1n) is 18.7. The molecule has 6 heteroatoms. The number of anilines is 3. The fraction of sp³-hybridized carbons (Fsp3) is 0.120. The zero-order valence-corrected chi connectivity index (χ0v) is 35.0. The van der Waals surface area contributed by atoms with Crippen LogP contribution in [0.5, 0.6) is 0 Å². The van der Waals surface area contributed by atoms with Crippen molar-refractivity contribution in [2.75, 3.05) is 4.90 Å². The Morgan fingerprint density at radius 1 is 0.643 bits per heavy atom. The molecule has 1 aliphatic rings. The molecule has 4 nitrogen and oxygen atoms in total. The van der Waals surface area contributed by atoms with Gasteiger partial charge in [0.05, 0.1) is 11.4 Å². The summed E-state index contributed by atoms with van der Waals surface area (Å²) in [6.45, 7) is 11.9. The molecule has 7 aromatic rings. The van der Waals surface area contributed by atoms with Crippen LogP contribution in [0.3, 0.4) is 0 Å². The zero-order valence-electron chi connectivity index (χ0n) is 32.6. The van der Waals surface area contributed by atoms with Gasteiger partial charge < -0.3 is 15.0 Å². The summed E-state index contributed by atoms with van der Waals surface area (Å²) in [7, 11) is 0. The van der Waals surface area contributed by atoms with Crippen molar-refractivity contribution in [3.63, 3.8) is 0 Å². The maximum absolute atomic E-state index is 10.0. The number of rotatable bonds is 6. The largest absolute Gasteiger partial charge is 0.512 e. The Morgan fingerprint density at radius 3 is 1.80 bits per heavy atom. The van der Waals surface area contributed by atoms with E-state index in [-0.39, 0.29) is 38.4 Å². The minimum Gasteiger partial charge on any atom is -0.512 e. The van der Waals surface area contributed by atoms with Crippen molar-refractivity contribution in [3.05, 3.63) is 186 Å². The normalized spacial score (nSPS) is 11.8. The van der Waals surface area contributed by atoms with Crippen LogP contribution in [0, 0.1) is 33.8 Å². The number of benzene rings is 6. The van der Waals surface area contributed by atoms with Crippen LogP contribution >= 0.6 is 0 Å². The van der Waals surface area contributed by atoms with Crippen LogP contribution in [0.2, 0.25) is 0 Å². The van der Waals surface area contributed by atoms with Crippen molar-refractivity contribution in [2.45, 2.75) is 41.5 Å². The van der Waals surface area contributed by atoms with Crippen LogP contribution in [-0.2, 0) is 24.9 Å². The van der Waals surface area contributed by atoms with E-state index < -0.39 is 0 Å². The molecule has 279 valence electrons. The number of ketones is 1. The smallest absolute Gasteiger partial charge is 0.247 e. The van der Waals surface area contributed by atoms with Crippen LogP contribution < -0.4 is 21.3 Å². The molecule has 0 saturated heterocycles. The quantitative estimate of drug-likeness (QED) is 0.0782. The summed E-state index contributed by atoms with van der Waals surface area (Å²) in [4.78, 5) is 17.1. The molecule has 8 rings (SSSR count). The summed E-state index contributed by atoms with van der Waals surface area (Å²) in [5.74, 6) is -0.0625. The average molecular weight is 908 g/mol. The maximum Gasteiger partial charge on any atom is 0.247 e. The van der Waals surface area contributed by atoms with Crippen LogP contribution in [0.4, 0.5) is 17.1 Å². The van der Waals surface area contributed by atoms with E-state index in [1.807, 2.05) is 24.4 Å². The number of allylic oxidation sites excluding steroid dienone is 2. The number of hydrogen-bond acceptors (Lipinski definition) is 4. The number of aliphatic hydroxyl groups is 1. The Hall–Kier alpha value is -5.81. The topological polar surface area (TPSA) is 53.4 Å². The Balaban J connectivity index is 0.000000610. The number of aryl methyl sites for hydroxylation is 4. The third-order valence-electron chi connectivity index (χ3n) is 10.3. The molecule has 1 N–H and O–H groups in total. The number of aliphatic hydroxyl groups excluding tert-OH is 1. The SMILES string of the molecule is CC(=O)C=C(C)O.Cc1cccc(C)c1B1c2ccccc2N(c2c(C)cccc2C)c2ccc(-c3ccc(-c4ccnc(-c5[c-]cccc5)c4)cc3)cc21.[Ir]. The fourth-order valence-corrected chi connectivity index (χ4v) is 7.85. The number of fused-ring (bicyclic) bond motifs is 2. The Labute approximate surface area is 345 Å². The molecule has 0 saturated carbocycles. The third-order valence-corrected chi connectivity index (χ3v) is 10.3. The Bertz CT molecular complexity index is 2500. The van der Waals surface area contributed by atoms with E-state index in [1.54, 1.807) is 0 Å². The Morgan fingerprint density at radius 2 is 1.21 bits per heavy atom. The van der Waals surface area contributed by atoms with Crippen molar-refractivity contribution in [1.82, 2.24) is 4.98 Å². The van der Waals surface area contributed by atoms with Crippen LogP contribution in [0.1, 0.15) is 36.1 Å². The van der Waals surface area contributed by atoms with E-state index in [1.165, 1.54) is 92.3 Å². The van der Waals surface area contributed by atoms with Gasteiger partial charge in [0.1, 0.15) is 0 Å². The van der Waals surface area contributed by atoms with Gasteiger partial charge >= 0.3 is 0 Å². The number of hydrogen-bond donors (Lipinski definition) is 1. The molecule has 6 aromatic carbocycles. The number of carbonyl (C=O) groups is 1. The fourth-order valence-electron chi connectivity index (χ4n) is 7.85. The summed E-state index contributed by atoms with van der Waals surface area (Å²) in [5, 5.41) is 8.36. The van der Waals surface area contributed by atoms with Crippen molar-refractivity contribution >= 4 is 45.9 Å². The number of carbonyl (C=O) groups excluding carboxylic acids is 1. The van der Waals surface area contributed by atoms with E-state index in [0.29, 0.717) is 0 Å². The molecule has 0 amide bonds. The molecule has 0 atom stereocenters. The van der Waals surface area contributed by atoms with Crippen molar-refractivity contribution in [1.29, 1.82) is 0 Å². The molecule has 0 fully saturated rings.